The number of amidine groups is 1. The first-order valence-corrected chi connectivity index (χ1v) is 6.58. The number of carbonyl (C=O) groups excluding carboxylic acids is 1. The van der Waals surface area contributed by atoms with Crippen molar-refractivity contribution in [3.05, 3.63) is 0 Å². The minimum atomic E-state index is -1.19. The number of halogens is 1. The van der Waals surface area contributed by atoms with E-state index in [2.05, 4.69) is 15.0 Å². The number of hydrogen-bond acceptors (Lipinski definition) is 8. The molecule has 0 aromatic rings. The lowest BCUT2D eigenvalue weighted by Gasteiger charge is -2.25. The third-order valence-corrected chi connectivity index (χ3v) is 3.19. The molecule has 0 bridgehead atoms. The van der Waals surface area contributed by atoms with Crippen LogP contribution in [0.3, 0.4) is 0 Å². The van der Waals surface area contributed by atoms with E-state index >= 15 is 0 Å². The van der Waals surface area contributed by atoms with E-state index in [1.807, 2.05) is 0 Å². The summed E-state index contributed by atoms with van der Waals surface area (Å²) in [6, 6.07) is 0. The zero-order valence-corrected chi connectivity index (χ0v) is 11.7. The zero-order chi connectivity index (χ0) is 14.8. The van der Waals surface area contributed by atoms with Crippen molar-refractivity contribution in [2.45, 2.75) is 30.7 Å². The van der Waals surface area contributed by atoms with Gasteiger partial charge in [-0.15, -0.1) is 0 Å². The largest absolute Gasteiger partial charge is 0.464 e. The molecule has 110 valence electrons. The van der Waals surface area contributed by atoms with E-state index in [-0.39, 0.29) is 13.0 Å². The molecule has 0 fully saturated rings. The number of aliphatic hydroxyl groups excluding tert-OH is 1. The first-order valence-electron chi connectivity index (χ1n) is 6.20. The maximum Gasteiger partial charge on any atom is 0.335 e. The van der Waals surface area contributed by atoms with Crippen molar-refractivity contribution in [2.24, 2.45) is 20.7 Å². The third kappa shape index (κ3) is 2.97. The van der Waals surface area contributed by atoms with Crippen molar-refractivity contribution in [3.63, 3.8) is 0 Å². The molecule has 3 unspecified atom stereocenters. The molecule has 8 nitrogen and oxygen atoms in total. The number of carbonyl (C=O) groups is 1. The maximum absolute atomic E-state index is 11.3. The van der Waals surface area contributed by atoms with Crippen molar-refractivity contribution in [3.8, 4) is 0 Å². The number of ether oxygens (including phenoxy) is 1. The molecular weight excluding hydrogens is 286 g/mol. The molecule has 0 saturated heterocycles. The normalized spacial score (nSPS) is 29.1. The van der Waals surface area contributed by atoms with Gasteiger partial charge in [-0.1, -0.05) is 11.6 Å². The van der Waals surface area contributed by atoms with Crippen LogP contribution >= 0.6 is 11.6 Å². The van der Waals surface area contributed by atoms with Crippen LogP contribution in [0.5, 0.6) is 0 Å². The molecule has 0 radical (unpaired) electrons. The Balaban J connectivity index is 1.95. The molecule has 0 amide bonds. The molecule has 2 heterocycles. The number of nitrogens with two attached hydrogens (primary N) is 1. The number of alkyl halides is 1. The molecule has 20 heavy (non-hydrogen) atoms. The lowest BCUT2D eigenvalue weighted by Crippen LogP contribution is -2.44. The van der Waals surface area contributed by atoms with Crippen LogP contribution in [0.25, 0.3) is 0 Å². The van der Waals surface area contributed by atoms with Gasteiger partial charge in [-0.2, -0.15) is 0 Å². The molecule has 0 aromatic heterocycles. The van der Waals surface area contributed by atoms with Crippen LogP contribution in [0.4, 0.5) is 0 Å². The predicted octanol–water partition coefficient (Wildman–Crippen LogP) is -0.695. The topological polar surface area (TPSA) is 113 Å². The third-order valence-electron chi connectivity index (χ3n) is 2.83. The monoisotopic (exact) mass is 301 g/mol. The lowest BCUT2D eigenvalue weighted by molar-refractivity contribution is -0.153. The number of aliphatic hydroxyl groups is 1. The van der Waals surface area contributed by atoms with Crippen molar-refractivity contribution < 1.29 is 14.6 Å². The van der Waals surface area contributed by atoms with Gasteiger partial charge in [-0.05, 0) is 6.92 Å². The molecular formula is C11H16ClN5O3. The number of aliphatic imine (C=N–C) groups is 3. The predicted molar refractivity (Wildman–Crippen MR) is 74.9 cm³/mol. The molecule has 3 N–H and O–H groups in total. The summed E-state index contributed by atoms with van der Waals surface area (Å²) in [6.07, 6.45) is 1.19. The fourth-order valence-corrected chi connectivity index (χ4v) is 2.10. The van der Waals surface area contributed by atoms with Gasteiger partial charge in [-0.25, -0.2) is 14.8 Å². The fraction of sp³-hybridized carbons (Fsp3) is 0.636. The van der Waals surface area contributed by atoms with Crippen LogP contribution in [0, 0.1) is 0 Å². The molecule has 2 aliphatic rings. The molecule has 3 atom stereocenters. The Labute approximate surface area is 121 Å². The Kier molecular flexibility index (Phi) is 4.36. The molecule has 9 heteroatoms. The van der Waals surface area contributed by atoms with Crippen LogP contribution in [-0.4, -0.2) is 64.9 Å². The summed E-state index contributed by atoms with van der Waals surface area (Å²) in [4.78, 5) is 23.9. The van der Waals surface area contributed by atoms with Crippen LogP contribution in [0.2, 0.25) is 0 Å². The number of nitrogens with zero attached hydrogens (tertiary/aromatic N) is 4. The van der Waals surface area contributed by atoms with Crippen LogP contribution < -0.4 is 5.73 Å². The molecule has 2 aliphatic heterocycles. The summed E-state index contributed by atoms with van der Waals surface area (Å²) < 4.78 is 4.72. The molecule has 0 saturated carbocycles. The highest BCUT2D eigenvalue weighted by Crippen LogP contribution is 2.27. The van der Waals surface area contributed by atoms with Gasteiger partial charge in [0.25, 0.3) is 0 Å². The van der Waals surface area contributed by atoms with Crippen molar-refractivity contribution in [1.82, 2.24) is 4.90 Å². The first kappa shape index (κ1) is 14.9. The van der Waals surface area contributed by atoms with Crippen molar-refractivity contribution >= 4 is 36.0 Å². The second-order valence-corrected chi connectivity index (χ2v) is 4.89. The summed E-state index contributed by atoms with van der Waals surface area (Å²) in [7, 11) is 0. The number of esters is 1. The van der Waals surface area contributed by atoms with Gasteiger partial charge >= 0.3 is 5.97 Å². The van der Waals surface area contributed by atoms with Gasteiger partial charge in [0.05, 0.1) is 19.2 Å². The highest BCUT2D eigenvalue weighted by atomic mass is 35.5. The molecule has 0 spiro atoms. The summed E-state index contributed by atoms with van der Waals surface area (Å²) in [5.41, 5.74) is 5.61. The zero-order valence-electron chi connectivity index (χ0n) is 10.9. The van der Waals surface area contributed by atoms with Gasteiger partial charge in [0.1, 0.15) is 0 Å². The Bertz CT molecular complexity index is 481. The minimum Gasteiger partial charge on any atom is -0.464 e. The van der Waals surface area contributed by atoms with Crippen LogP contribution in [0.1, 0.15) is 13.3 Å². The van der Waals surface area contributed by atoms with Gasteiger partial charge in [0, 0.05) is 13.0 Å². The Hall–Kier alpha value is -1.51. The average molecular weight is 302 g/mol. The van der Waals surface area contributed by atoms with E-state index in [4.69, 9.17) is 22.1 Å². The van der Waals surface area contributed by atoms with Gasteiger partial charge in [-0.3, -0.25) is 10.7 Å². The highest BCUT2D eigenvalue weighted by Gasteiger charge is 2.41. The maximum atomic E-state index is 11.3. The van der Waals surface area contributed by atoms with E-state index in [1.54, 1.807) is 11.8 Å². The van der Waals surface area contributed by atoms with Crippen molar-refractivity contribution in [1.29, 1.82) is 0 Å². The number of fused-ring (bicyclic) bond motifs is 1. The lowest BCUT2D eigenvalue weighted by atomic mass is 10.2. The van der Waals surface area contributed by atoms with Gasteiger partial charge in [0.2, 0.25) is 5.00 Å². The SMILES string of the molecule is CCOC(=O)C(O)CCN1C=NC2(Cl)C=NC(N)N=C12. The number of hydrogen-bond donors (Lipinski definition) is 2. The van der Waals surface area contributed by atoms with Gasteiger partial charge in [0.15, 0.2) is 18.2 Å². The summed E-state index contributed by atoms with van der Waals surface area (Å²) in [5.74, 6) is -0.206. The molecule has 0 aliphatic carbocycles. The second kappa shape index (κ2) is 5.86. The highest BCUT2D eigenvalue weighted by molar-refractivity contribution is 6.46. The van der Waals surface area contributed by atoms with Crippen LogP contribution in [0.15, 0.2) is 15.0 Å². The van der Waals surface area contributed by atoms with E-state index in [0.29, 0.717) is 12.4 Å². The van der Waals surface area contributed by atoms with E-state index in [0.717, 1.165) is 0 Å². The van der Waals surface area contributed by atoms with Crippen molar-refractivity contribution in [2.75, 3.05) is 13.2 Å². The van der Waals surface area contributed by atoms with E-state index < -0.39 is 23.4 Å². The fourth-order valence-electron chi connectivity index (χ4n) is 1.84. The molecule has 2 rings (SSSR count). The Morgan fingerprint density at radius 2 is 2.50 bits per heavy atom. The second-order valence-electron chi connectivity index (χ2n) is 4.31. The minimum absolute atomic E-state index is 0.170. The quantitative estimate of drug-likeness (QED) is 0.396. The summed E-state index contributed by atoms with van der Waals surface area (Å²) in [5, 5.41) is 9.65. The Morgan fingerprint density at radius 3 is 3.20 bits per heavy atom. The Morgan fingerprint density at radius 1 is 1.75 bits per heavy atom. The van der Waals surface area contributed by atoms with E-state index in [9.17, 15) is 9.90 Å². The standard InChI is InChI=1S/C11H16ClN5O3/c1-2-20-8(19)7(18)3-4-17-6-15-11(12)5-14-10(13)16-9(11)17/h5-7,10,18H,2-4,13H2,1H3. The summed E-state index contributed by atoms with van der Waals surface area (Å²) in [6.45, 7) is 2.22. The average Bonchev–Trinajstić information content (AvgIpc) is 2.73. The smallest absolute Gasteiger partial charge is 0.335 e. The van der Waals surface area contributed by atoms with Crippen LogP contribution in [-0.2, 0) is 9.53 Å². The number of rotatable bonds is 5. The van der Waals surface area contributed by atoms with Gasteiger partial charge < -0.3 is 14.7 Å². The van der Waals surface area contributed by atoms with E-state index in [1.165, 1.54) is 12.6 Å². The summed E-state index contributed by atoms with van der Waals surface area (Å²) >= 11 is 6.23. The molecule has 0 aromatic carbocycles. The first-order chi connectivity index (χ1) is 9.46.